The molecule has 4 aromatic rings. The Bertz CT molecular complexity index is 1410. The van der Waals surface area contributed by atoms with Crippen LogP contribution in [0.1, 0.15) is 0 Å². The molecule has 13 heteroatoms. The zero-order valence-corrected chi connectivity index (χ0v) is 19.0. The van der Waals surface area contributed by atoms with Gasteiger partial charge in [0, 0.05) is 52.7 Å². The van der Waals surface area contributed by atoms with Gasteiger partial charge in [0.25, 0.3) is 0 Å². The van der Waals surface area contributed by atoms with Crippen LogP contribution in [-0.4, -0.2) is 73.2 Å². The lowest BCUT2D eigenvalue weighted by Gasteiger charge is -2.34. The van der Waals surface area contributed by atoms with Gasteiger partial charge in [-0.05, 0) is 12.1 Å². The molecule has 1 aliphatic rings. The van der Waals surface area contributed by atoms with E-state index in [1.165, 1.54) is 22.9 Å². The molecule has 1 saturated heterocycles. The first kappa shape index (κ1) is 20.8. The second-order valence-electron chi connectivity index (χ2n) is 7.45. The van der Waals surface area contributed by atoms with Crippen molar-refractivity contribution < 1.29 is 8.42 Å². The fourth-order valence-corrected chi connectivity index (χ4v) is 5.71. The first-order valence-corrected chi connectivity index (χ1v) is 11.7. The number of fused-ring (bicyclic) bond motifs is 1. The largest absolute Gasteiger partial charge is 0.352 e. The number of halogens is 1. The van der Waals surface area contributed by atoms with E-state index in [1.54, 1.807) is 16.9 Å². The van der Waals surface area contributed by atoms with Crippen molar-refractivity contribution in [3.8, 4) is 11.4 Å². The van der Waals surface area contributed by atoms with Crippen molar-refractivity contribution in [2.45, 2.75) is 4.90 Å². The Balaban J connectivity index is 1.43. The summed E-state index contributed by atoms with van der Waals surface area (Å²) >= 11 is 6.03. The monoisotopic (exact) mass is 473 g/mol. The van der Waals surface area contributed by atoms with Gasteiger partial charge in [0.15, 0.2) is 17.0 Å². The van der Waals surface area contributed by atoms with Crippen LogP contribution in [0.5, 0.6) is 0 Å². The van der Waals surface area contributed by atoms with E-state index in [-0.39, 0.29) is 10.0 Å². The molecule has 5 heterocycles. The Hall–Kier alpha value is -3.09. The van der Waals surface area contributed by atoms with Crippen molar-refractivity contribution in [2.75, 3.05) is 31.1 Å². The van der Waals surface area contributed by atoms with E-state index < -0.39 is 10.0 Å². The van der Waals surface area contributed by atoms with Crippen molar-refractivity contribution in [2.24, 2.45) is 14.1 Å². The van der Waals surface area contributed by atoms with Gasteiger partial charge in [0.1, 0.15) is 22.2 Å². The van der Waals surface area contributed by atoms with Gasteiger partial charge in [0.2, 0.25) is 10.0 Å². The molecule has 5 rings (SSSR count). The number of piperazine rings is 1. The van der Waals surface area contributed by atoms with E-state index >= 15 is 0 Å². The van der Waals surface area contributed by atoms with Gasteiger partial charge >= 0.3 is 0 Å². The highest BCUT2D eigenvalue weighted by Crippen LogP contribution is 2.29. The molecular weight excluding hydrogens is 454 g/mol. The number of aromatic nitrogens is 7. The molecule has 166 valence electrons. The van der Waals surface area contributed by atoms with Crippen molar-refractivity contribution >= 4 is 38.6 Å². The average molecular weight is 474 g/mol. The van der Waals surface area contributed by atoms with Crippen LogP contribution in [0.15, 0.2) is 41.9 Å². The first-order chi connectivity index (χ1) is 15.4. The third kappa shape index (κ3) is 3.40. The van der Waals surface area contributed by atoms with Crippen LogP contribution >= 0.6 is 11.6 Å². The van der Waals surface area contributed by atoms with Crippen molar-refractivity contribution in [1.82, 2.24) is 38.6 Å². The maximum atomic E-state index is 13.0. The lowest BCUT2D eigenvalue weighted by Crippen LogP contribution is -2.49. The second-order valence-corrected chi connectivity index (χ2v) is 9.71. The summed E-state index contributed by atoms with van der Waals surface area (Å²) in [6.07, 6.45) is 6.61. The Morgan fingerprint density at radius 2 is 1.84 bits per heavy atom. The summed E-state index contributed by atoms with van der Waals surface area (Å²) in [4.78, 5) is 19.6. The van der Waals surface area contributed by atoms with Gasteiger partial charge < -0.3 is 9.47 Å². The quantitative estimate of drug-likeness (QED) is 0.407. The molecule has 0 atom stereocenters. The average Bonchev–Trinajstić information content (AvgIpc) is 3.37. The van der Waals surface area contributed by atoms with Gasteiger partial charge in [0.05, 0.1) is 11.8 Å². The van der Waals surface area contributed by atoms with Crippen molar-refractivity contribution in [3.63, 3.8) is 0 Å². The normalized spacial score (nSPS) is 15.5. The second kappa shape index (κ2) is 7.80. The standard InChI is InChI=1S/C19H20ClN9O2S/c1-26-11-13(10-24-26)17-25-15-18(27(17)2)22-12-23-19(15)28-6-8-29(9-7-28)32(30,31)14-4-3-5-21-16(14)20/h3-5,10-12H,6-9H2,1-2H3. The number of hydrogen-bond acceptors (Lipinski definition) is 8. The fraction of sp³-hybridized carbons (Fsp3) is 0.316. The molecule has 4 aromatic heterocycles. The van der Waals surface area contributed by atoms with Crippen LogP contribution in [0, 0.1) is 0 Å². The molecular formula is C19H20ClN9O2S. The molecule has 32 heavy (non-hydrogen) atoms. The molecule has 0 spiro atoms. The molecule has 0 unspecified atom stereocenters. The molecule has 1 fully saturated rings. The van der Waals surface area contributed by atoms with E-state index in [2.05, 4.69) is 20.1 Å². The molecule has 0 amide bonds. The van der Waals surface area contributed by atoms with E-state index in [0.29, 0.717) is 43.2 Å². The van der Waals surface area contributed by atoms with Crippen LogP contribution in [0.2, 0.25) is 5.15 Å². The first-order valence-electron chi connectivity index (χ1n) is 9.88. The van der Waals surface area contributed by atoms with Crippen LogP contribution < -0.4 is 4.90 Å². The summed E-state index contributed by atoms with van der Waals surface area (Å²) in [6.45, 7) is 1.51. The van der Waals surface area contributed by atoms with E-state index in [4.69, 9.17) is 16.6 Å². The number of pyridine rings is 1. The van der Waals surface area contributed by atoms with Crippen LogP contribution in [-0.2, 0) is 24.1 Å². The fourth-order valence-electron chi connectivity index (χ4n) is 3.86. The zero-order valence-electron chi connectivity index (χ0n) is 17.4. The van der Waals surface area contributed by atoms with Gasteiger partial charge in [-0.1, -0.05) is 11.6 Å². The number of anilines is 1. The molecule has 0 aliphatic carbocycles. The molecule has 0 aromatic carbocycles. The Morgan fingerprint density at radius 3 is 2.53 bits per heavy atom. The summed E-state index contributed by atoms with van der Waals surface area (Å²) < 4.78 is 31.1. The van der Waals surface area contributed by atoms with E-state index in [1.807, 2.05) is 29.8 Å². The number of aryl methyl sites for hydroxylation is 2. The Morgan fingerprint density at radius 1 is 1.06 bits per heavy atom. The SMILES string of the molecule is Cn1cc(-c2nc3c(N4CCN(S(=O)(=O)c5cccnc5Cl)CC4)ncnc3n2C)cn1. The number of imidazole rings is 1. The summed E-state index contributed by atoms with van der Waals surface area (Å²) in [7, 11) is 0.0235. The van der Waals surface area contributed by atoms with Crippen LogP contribution in [0.25, 0.3) is 22.6 Å². The molecule has 1 aliphatic heterocycles. The summed E-state index contributed by atoms with van der Waals surface area (Å²) in [5.41, 5.74) is 2.25. The third-order valence-corrected chi connectivity index (χ3v) is 7.82. The minimum Gasteiger partial charge on any atom is -0.352 e. The maximum absolute atomic E-state index is 13.0. The number of sulfonamides is 1. The highest BCUT2D eigenvalue weighted by atomic mass is 35.5. The molecule has 0 N–H and O–H groups in total. The summed E-state index contributed by atoms with van der Waals surface area (Å²) in [5, 5.41) is 4.20. The molecule has 0 saturated carbocycles. The predicted molar refractivity (Wildman–Crippen MR) is 119 cm³/mol. The zero-order chi connectivity index (χ0) is 22.5. The minimum absolute atomic E-state index is 0.0189. The molecule has 0 radical (unpaired) electrons. The molecule has 0 bridgehead atoms. The number of nitrogens with zero attached hydrogens (tertiary/aromatic N) is 9. The lowest BCUT2D eigenvalue weighted by atomic mass is 10.3. The predicted octanol–water partition coefficient (Wildman–Crippen LogP) is 1.32. The highest BCUT2D eigenvalue weighted by molar-refractivity contribution is 7.89. The Kier molecular flexibility index (Phi) is 5.07. The van der Waals surface area contributed by atoms with Crippen molar-refractivity contribution in [1.29, 1.82) is 0 Å². The summed E-state index contributed by atoms with van der Waals surface area (Å²) in [5.74, 6) is 1.42. The van der Waals surface area contributed by atoms with Gasteiger partial charge in [-0.25, -0.2) is 28.4 Å². The third-order valence-electron chi connectivity index (χ3n) is 5.48. The molecule has 11 nitrogen and oxygen atoms in total. The lowest BCUT2D eigenvalue weighted by molar-refractivity contribution is 0.384. The van der Waals surface area contributed by atoms with E-state index in [0.717, 1.165) is 11.4 Å². The van der Waals surface area contributed by atoms with Gasteiger partial charge in [-0.2, -0.15) is 9.40 Å². The van der Waals surface area contributed by atoms with Crippen LogP contribution in [0.4, 0.5) is 5.82 Å². The number of rotatable bonds is 4. The maximum Gasteiger partial charge on any atom is 0.246 e. The van der Waals surface area contributed by atoms with Gasteiger partial charge in [-0.15, -0.1) is 0 Å². The van der Waals surface area contributed by atoms with Gasteiger partial charge in [-0.3, -0.25) is 4.68 Å². The smallest absolute Gasteiger partial charge is 0.246 e. The van der Waals surface area contributed by atoms with E-state index in [9.17, 15) is 8.42 Å². The highest BCUT2D eigenvalue weighted by Gasteiger charge is 2.31. The van der Waals surface area contributed by atoms with Crippen molar-refractivity contribution in [3.05, 3.63) is 42.2 Å². The van der Waals surface area contributed by atoms with Crippen LogP contribution in [0.3, 0.4) is 0 Å². The Labute approximate surface area is 189 Å². The minimum atomic E-state index is -3.73. The number of hydrogen-bond donors (Lipinski definition) is 0. The summed E-state index contributed by atoms with van der Waals surface area (Å²) in [6, 6.07) is 3.03. The topological polar surface area (TPSA) is 115 Å².